The Bertz CT molecular complexity index is 301. The topological polar surface area (TPSA) is 26.0 Å². The molecule has 0 atom stereocenters. The second-order valence-electron chi connectivity index (χ2n) is 3.07. The number of nitrogens with two attached hydrogens (primary N) is 1. The van der Waals surface area contributed by atoms with Crippen LogP contribution in [0.2, 0.25) is 0 Å². The van der Waals surface area contributed by atoms with Crippen LogP contribution in [-0.2, 0) is 6.42 Å². The fourth-order valence-corrected chi connectivity index (χ4v) is 4.16. The highest BCUT2D eigenvalue weighted by Crippen LogP contribution is 2.37. The van der Waals surface area contributed by atoms with Gasteiger partial charge in [-0.3, -0.25) is 0 Å². The molecule has 0 bridgehead atoms. The molecule has 0 aliphatic carbocycles. The van der Waals surface area contributed by atoms with Gasteiger partial charge in [0.1, 0.15) is 0 Å². The van der Waals surface area contributed by atoms with Crippen LogP contribution in [0.15, 0.2) is 26.8 Å². The van der Waals surface area contributed by atoms with Crippen LogP contribution in [-0.4, -0.2) is 25.3 Å². The van der Waals surface area contributed by atoms with E-state index in [9.17, 15) is 0 Å². The van der Waals surface area contributed by atoms with E-state index in [1.165, 1.54) is 20.2 Å². The Morgan fingerprint density at radius 2 is 1.53 bits per heavy atom. The molecule has 0 aliphatic heterocycles. The smallest absolute Gasteiger partial charge is 0.0341 e. The van der Waals surface area contributed by atoms with Crippen molar-refractivity contribution < 1.29 is 0 Å². The van der Waals surface area contributed by atoms with Crippen molar-refractivity contribution in [1.29, 1.82) is 0 Å². The molecule has 0 aliphatic rings. The summed E-state index contributed by atoms with van der Waals surface area (Å²) in [4.78, 5) is 4.14. The quantitative estimate of drug-likeness (QED) is 0.820. The maximum absolute atomic E-state index is 5.60. The third kappa shape index (κ3) is 3.34. The van der Waals surface area contributed by atoms with Crippen LogP contribution in [0.3, 0.4) is 0 Å². The van der Waals surface area contributed by atoms with Crippen LogP contribution in [0.25, 0.3) is 0 Å². The third-order valence-electron chi connectivity index (χ3n) is 2.16. The third-order valence-corrected chi connectivity index (χ3v) is 4.79. The lowest BCUT2D eigenvalue weighted by molar-refractivity contribution is 0.942. The molecular weight excluding hydrogens is 242 g/mol. The molecule has 0 radical (unpaired) electrons. The van der Waals surface area contributed by atoms with Gasteiger partial charge in [0.15, 0.2) is 0 Å². The minimum atomic E-state index is 0.722. The van der Waals surface area contributed by atoms with Gasteiger partial charge in [-0.25, -0.2) is 0 Å². The highest BCUT2D eigenvalue weighted by Gasteiger charge is 2.08. The zero-order chi connectivity index (χ0) is 11.3. The second kappa shape index (κ2) is 6.74. The molecule has 0 saturated heterocycles. The summed E-state index contributed by atoms with van der Waals surface area (Å²) < 4.78 is 0. The summed E-state index contributed by atoms with van der Waals surface area (Å²) in [5.74, 6) is 0. The van der Waals surface area contributed by atoms with Crippen molar-refractivity contribution in [3.63, 3.8) is 0 Å². The van der Waals surface area contributed by atoms with Gasteiger partial charge in [0, 0.05) is 14.7 Å². The predicted molar refractivity (Wildman–Crippen MR) is 74.5 cm³/mol. The first-order valence-electron chi connectivity index (χ1n) is 4.75. The van der Waals surface area contributed by atoms with Crippen LogP contribution in [0.5, 0.6) is 0 Å². The number of hydrogen-bond acceptors (Lipinski definition) is 4. The van der Waals surface area contributed by atoms with Gasteiger partial charge >= 0.3 is 0 Å². The van der Waals surface area contributed by atoms with Crippen molar-refractivity contribution in [2.24, 2.45) is 5.73 Å². The molecule has 84 valence electrons. The molecule has 0 heterocycles. The fraction of sp³-hybridized carbons (Fsp3) is 0.455. The minimum absolute atomic E-state index is 0.722. The molecule has 1 aromatic carbocycles. The summed E-state index contributed by atoms with van der Waals surface area (Å²) in [6, 6.07) is 4.53. The fourth-order valence-electron chi connectivity index (χ4n) is 1.45. The first-order chi connectivity index (χ1) is 7.26. The Hall–Kier alpha value is 0.230. The Morgan fingerprint density at radius 3 is 1.87 bits per heavy atom. The van der Waals surface area contributed by atoms with Crippen molar-refractivity contribution in [1.82, 2.24) is 0 Å². The highest BCUT2D eigenvalue weighted by molar-refractivity contribution is 8.03. The molecule has 1 aromatic rings. The Morgan fingerprint density at radius 1 is 1.00 bits per heavy atom. The van der Waals surface area contributed by atoms with Crippen LogP contribution in [0, 0.1) is 0 Å². The zero-order valence-corrected chi connectivity index (χ0v) is 11.8. The molecule has 0 spiro atoms. The second-order valence-corrected chi connectivity index (χ2v) is 5.58. The van der Waals surface area contributed by atoms with Gasteiger partial charge in [0.25, 0.3) is 0 Å². The molecule has 4 heteroatoms. The lowest BCUT2D eigenvalue weighted by atomic mass is 10.1. The molecule has 1 nitrogen and oxygen atoms in total. The maximum atomic E-state index is 5.60. The Balaban J connectivity index is 3.16. The van der Waals surface area contributed by atoms with E-state index in [1.807, 2.05) is 35.3 Å². The molecular formula is C11H17NS3. The van der Waals surface area contributed by atoms with Gasteiger partial charge in [-0.15, -0.1) is 35.3 Å². The monoisotopic (exact) mass is 259 g/mol. The van der Waals surface area contributed by atoms with Gasteiger partial charge < -0.3 is 5.73 Å². The predicted octanol–water partition coefficient (Wildman–Crippen LogP) is 3.35. The largest absolute Gasteiger partial charge is 0.330 e. The maximum Gasteiger partial charge on any atom is 0.0341 e. The van der Waals surface area contributed by atoms with Gasteiger partial charge in [-0.05, 0) is 49.4 Å². The SMILES string of the molecule is CSc1cc(CCN)cc(SC)c1SC. The summed E-state index contributed by atoms with van der Waals surface area (Å²) >= 11 is 5.45. The minimum Gasteiger partial charge on any atom is -0.330 e. The van der Waals surface area contributed by atoms with Crippen LogP contribution < -0.4 is 5.73 Å². The summed E-state index contributed by atoms with van der Waals surface area (Å²) in [5, 5.41) is 0. The van der Waals surface area contributed by atoms with E-state index in [2.05, 4.69) is 30.9 Å². The Kier molecular flexibility index (Phi) is 5.97. The molecule has 0 unspecified atom stereocenters. The van der Waals surface area contributed by atoms with Crippen LogP contribution in [0.1, 0.15) is 5.56 Å². The number of thioether (sulfide) groups is 3. The van der Waals surface area contributed by atoms with Crippen molar-refractivity contribution in [3.05, 3.63) is 17.7 Å². The average Bonchev–Trinajstić information content (AvgIpc) is 2.28. The summed E-state index contributed by atoms with van der Waals surface area (Å²) in [6.45, 7) is 0.722. The lowest BCUT2D eigenvalue weighted by Gasteiger charge is -2.12. The van der Waals surface area contributed by atoms with E-state index in [1.54, 1.807) is 0 Å². The Labute approximate surface area is 105 Å². The molecule has 1 rings (SSSR count). The zero-order valence-electron chi connectivity index (χ0n) is 9.37. The molecule has 0 amide bonds. The van der Waals surface area contributed by atoms with Crippen molar-refractivity contribution in [2.45, 2.75) is 21.1 Å². The molecule has 0 fully saturated rings. The van der Waals surface area contributed by atoms with E-state index in [0.717, 1.165) is 13.0 Å². The van der Waals surface area contributed by atoms with Gasteiger partial charge in [-0.1, -0.05) is 0 Å². The summed E-state index contributed by atoms with van der Waals surface area (Å²) in [5.41, 5.74) is 6.95. The molecule has 2 N–H and O–H groups in total. The van der Waals surface area contributed by atoms with Crippen molar-refractivity contribution in [3.8, 4) is 0 Å². The van der Waals surface area contributed by atoms with E-state index >= 15 is 0 Å². The van der Waals surface area contributed by atoms with Crippen molar-refractivity contribution >= 4 is 35.3 Å². The van der Waals surface area contributed by atoms with E-state index in [0.29, 0.717) is 0 Å². The van der Waals surface area contributed by atoms with E-state index in [4.69, 9.17) is 5.73 Å². The lowest BCUT2D eigenvalue weighted by Crippen LogP contribution is -2.03. The first-order valence-corrected chi connectivity index (χ1v) is 8.43. The number of rotatable bonds is 5. The molecule has 15 heavy (non-hydrogen) atoms. The standard InChI is InChI=1S/C11H17NS3/c1-13-9-6-8(4-5-12)7-10(14-2)11(9)15-3/h6-7H,4-5,12H2,1-3H3. The number of benzene rings is 1. The van der Waals surface area contributed by atoms with Crippen LogP contribution >= 0.6 is 35.3 Å². The first kappa shape index (κ1) is 13.3. The molecule has 0 aromatic heterocycles. The summed E-state index contributed by atoms with van der Waals surface area (Å²) in [6.07, 6.45) is 7.37. The highest BCUT2D eigenvalue weighted by atomic mass is 32.2. The summed E-state index contributed by atoms with van der Waals surface area (Å²) in [7, 11) is 0. The van der Waals surface area contributed by atoms with Crippen molar-refractivity contribution in [2.75, 3.05) is 25.3 Å². The van der Waals surface area contributed by atoms with E-state index < -0.39 is 0 Å². The normalized spacial score (nSPS) is 10.7. The number of hydrogen-bond donors (Lipinski definition) is 1. The van der Waals surface area contributed by atoms with E-state index in [-0.39, 0.29) is 0 Å². The van der Waals surface area contributed by atoms with Gasteiger partial charge in [0.05, 0.1) is 0 Å². The average molecular weight is 259 g/mol. The van der Waals surface area contributed by atoms with Crippen LogP contribution in [0.4, 0.5) is 0 Å². The molecule has 0 saturated carbocycles. The van der Waals surface area contributed by atoms with Gasteiger partial charge in [-0.2, -0.15) is 0 Å². The van der Waals surface area contributed by atoms with Gasteiger partial charge in [0.2, 0.25) is 0 Å².